The molecule has 0 aliphatic heterocycles. The number of benzene rings is 1. The minimum Gasteiger partial charge on any atom is -0.476 e. The van der Waals surface area contributed by atoms with Gasteiger partial charge in [-0.3, -0.25) is 9.48 Å². The molecule has 0 aliphatic carbocycles. The number of nitrogens with zero attached hydrogens (tertiary/aromatic N) is 2. The zero-order valence-corrected chi connectivity index (χ0v) is 14.6. The highest BCUT2D eigenvalue weighted by atomic mass is 35.5. The maximum Gasteiger partial charge on any atom is 0.262 e. The first-order valence-corrected chi connectivity index (χ1v) is 8.27. The molecule has 1 heterocycles. The third-order valence-corrected chi connectivity index (χ3v) is 3.60. The van der Waals surface area contributed by atoms with Crippen molar-refractivity contribution < 1.29 is 9.53 Å². The Labute approximate surface area is 145 Å². The molecule has 0 saturated carbocycles. The van der Waals surface area contributed by atoms with Gasteiger partial charge in [0.05, 0.1) is 17.3 Å². The summed E-state index contributed by atoms with van der Waals surface area (Å²) in [6.45, 7) is 5.26. The van der Waals surface area contributed by atoms with Crippen molar-refractivity contribution in [2.24, 2.45) is 0 Å². The standard InChI is InChI=1S/C16H19Cl2N3O2/c1-3-7-21-10-12(16(20-21)23-8-4-2)15(22)19-14-6-5-11(17)9-13(14)18/h5-6,9-10H,3-4,7-8H2,1-2H3,(H,19,22). The van der Waals surface area contributed by atoms with Gasteiger partial charge in [0.2, 0.25) is 5.88 Å². The van der Waals surface area contributed by atoms with Crippen LogP contribution in [0.4, 0.5) is 5.69 Å². The largest absolute Gasteiger partial charge is 0.476 e. The van der Waals surface area contributed by atoms with Crippen LogP contribution in [0.3, 0.4) is 0 Å². The van der Waals surface area contributed by atoms with E-state index >= 15 is 0 Å². The Kier molecular flexibility index (Phi) is 6.30. The van der Waals surface area contributed by atoms with Crippen LogP contribution in [0.1, 0.15) is 37.0 Å². The van der Waals surface area contributed by atoms with E-state index in [1.165, 1.54) is 0 Å². The molecular formula is C16H19Cl2N3O2. The van der Waals surface area contributed by atoms with E-state index in [0.29, 0.717) is 33.8 Å². The van der Waals surface area contributed by atoms with Crippen LogP contribution in [0, 0.1) is 0 Å². The van der Waals surface area contributed by atoms with Crippen LogP contribution >= 0.6 is 23.2 Å². The number of nitrogens with one attached hydrogen (secondary N) is 1. The van der Waals surface area contributed by atoms with Crippen LogP contribution in [0.2, 0.25) is 10.0 Å². The number of aryl methyl sites for hydroxylation is 1. The second-order valence-electron chi connectivity index (χ2n) is 5.04. The van der Waals surface area contributed by atoms with Gasteiger partial charge in [0.15, 0.2) is 0 Å². The summed E-state index contributed by atoms with van der Waals surface area (Å²) >= 11 is 11.9. The fraction of sp³-hybridized carbons (Fsp3) is 0.375. The molecule has 2 rings (SSSR count). The fourth-order valence-electron chi connectivity index (χ4n) is 1.99. The highest BCUT2D eigenvalue weighted by Crippen LogP contribution is 2.27. The maximum absolute atomic E-state index is 12.5. The minimum absolute atomic E-state index is 0.317. The number of hydrogen-bond acceptors (Lipinski definition) is 3. The quantitative estimate of drug-likeness (QED) is 0.786. The lowest BCUT2D eigenvalue weighted by molar-refractivity contribution is 0.102. The third-order valence-electron chi connectivity index (χ3n) is 3.05. The SMILES string of the molecule is CCCOc1nn(CCC)cc1C(=O)Nc1ccc(Cl)cc1Cl. The molecule has 0 atom stereocenters. The van der Waals surface area contributed by atoms with Crippen LogP contribution in [0.15, 0.2) is 24.4 Å². The van der Waals surface area contributed by atoms with E-state index in [1.54, 1.807) is 29.1 Å². The van der Waals surface area contributed by atoms with Gasteiger partial charge in [-0.05, 0) is 31.0 Å². The summed E-state index contributed by atoms with van der Waals surface area (Å²) in [7, 11) is 0. The summed E-state index contributed by atoms with van der Waals surface area (Å²) in [4.78, 5) is 12.5. The molecule has 1 aromatic carbocycles. The summed E-state index contributed by atoms with van der Waals surface area (Å²) in [6.07, 6.45) is 3.44. The van der Waals surface area contributed by atoms with Crippen molar-refractivity contribution in [2.45, 2.75) is 33.2 Å². The first kappa shape index (κ1) is 17.6. The monoisotopic (exact) mass is 355 g/mol. The molecule has 0 aliphatic rings. The molecule has 0 saturated heterocycles. The van der Waals surface area contributed by atoms with Crippen molar-refractivity contribution >= 4 is 34.8 Å². The molecule has 0 spiro atoms. The molecule has 1 aromatic heterocycles. The number of ether oxygens (including phenoxy) is 1. The lowest BCUT2D eigenvalue weighted by Gasteiger charge is -2.08. The zero-order chi connectivity index (χ0) is 16.8. The van der Waals surface area contributed by atoms with E-state index in [9.17, 15) is 4.79 Å². The van der Waals surface area contributed by atoms with Crippen LogP contribution in [-0.2, 0) is 6.54 Å². The molecule has 124 valence electrons. The number of amides is 1. The van der Waals surface area contributed by atoms with Crippen molar-refractivity contribution in [2.75, 3.05) is 11.9 Å². The van der Waals surface area contributed by atoms with Crippen molar-refractivity contribution in [3.8, 4) is 5.88 Å². The predicted molar refractivity (Wildman–Crippen MR) is 92.7 cm³/mol. The molecular weight excluding hydrogens is 337 g/mol. The zero-order valence-electron chi connectivity index (χ0n) is 13.1. The Bertz CT molecular complexity index is 686. The molecule has 0 unspecified atom stereocenters. The van der Waals surface area contributed by atoms with E-state index in [0.717, 1.165) is 19.4 Å². The van der Waals surface area contributed by atoms with Gasteiger partial charge in [-0.2, -0.15) is 0 Å². The topological polar surface area (TPSA) is 56.2 Å². The van der Waals surface area contributed by atoms with Crippen LogP contribution in [-0.4, -0.2) is 22.3 Å². The first-order valence-electron chi connectivity index (χ1n) is 7.51. The summed E-state index contributed by atoms with van der Waals surface area (Å²) in [5.41, 5.74) is 0.878. The Morgan fingerprint density at radius 1 is 1.30 bits per heavy atom. The van der Waals surface area contributed by atoms with E-state index in [2.05, 4.69) is 10.4 Å². The molecule has 1 amide bonds. The summed E-state index contributed by atoms with van der Waals surface area (Å²) in [5, 5.41) is 7.97. The molecule has 2 aromatic rings. The molecule has 0 bridgehead atoms. The van der Waals surface area contributed by atoms with Gasteiger partial charge in [-0.1, -0.05) is 37.0 Å². The third kappa shape index (κ3) is 4.62. The van der Waals surface area contributed by atoms with Gasteiger partial charge < -0.3 is 10.1 Å². The highest BCUT2D eigenvalue weighted by Gasteiger charge is 2.18. The van der Waals surface area contributed by atoms with Gasteiger partial charge >= 0.3 is 0 Å². The van der Waals surface area contributed by atoms with Gasteiger partial charge in [0.1, 0.15) is 5.56 Å². The second kappa shape index (κ2) is 8.22. The Balaban J connectivity index is 2.22. The fourth-order valence-corrected chi connectivity index (χ4v) is 2.44. The van der Waals surface area contributed by atoms with Crippen molar-refractivity contribution in [3.05, 3.63) is 40.0 Å². The highest BCUT2D eigenvalue weighted by molar-refractivity contribution is 6.36. The van der Waals surface area contributed by atoms with E-state index in [1.807, 2.05) is 13.8 Å². The predicted octanol–water partition coefficient (Wildman–Crippen LogP) is 4.64. The van der Waals surface area contributed by atoms with Crippen molar-refractivity contribution in [1.82, 2.24) is 9.78 Å². The van der Waals surface area contributed by atoms with Gasteiger partial charge in [-0.15, -0.1) is 5.10 Å². The maximum atomic E-state index is 12.5. The van der Waals surface area contributed by atoms with Crippen LogP contribution in [0.5, 0.6) is 5.88 Å². The molecule has 7 heteroatoms. The van der Waals surface area contributed by atoms with Crippen LogP contribution in [0.25, 0.3) is 0 Å². The number of rotatable bonds is 7. The molecule has 0 radical (unpaired) electrons. The molecule has 0 fully saturated rings. The van der Waals surface area contributed by atoms with Crippen LogP contribution < -0.4 is 10.1 Å². The summed E-state index contributed by atoms with van der Waals surface area (Å²) < 4.78 is 7.29. The smallest absolute Gasteiger partial charge is 0.262 e. The van der Waals surface area contributed by atoms with Crippen molar-refractivity contribution in [1.29, 1.82) is 0 Å². The Morgan fingerprint density at radius 3 is 2.74 bits per heavy atom. The number of anilines is 1. The van der Waals surface area contributed by atoms with Crippen molar-refractivity contribution in [3.63, 3.8) is 0 Å². The summed E-state index contributed by atoms with van der Waals surface area (Å²) in [6, 6.07) is 4.90. The second-order valence-corrected chi connectivity index (χ2v) is 5.88. The molecule has 23 heavy (non-hydrogen) atoms. The van der Waals surface area contributed by atoms with Gasteiger partial charge in [0.25, 0.3) is 5.91 Å². The van der Waals surface area contributed by atoms with Gasteiger partial charge in [0, 0.05) is 17.8 Å². The number of carbonyl (C=O) groups is 1. The average molecular weight is 356 g/mol. The number of halogens is 2. The number of hydrogen-bond donors (Lipinski definition) is 1. The van der Waals surface area contributed by atoms with Gasteiger partial charge in [-0.25, -0.2) is 0 Å². The number of carbonyl (C=O) groups excluding carboxylic acids is 1. The Hall–Kier alpha value is -1.72. The van der Waals surface area contributed by atoms with E-state index < -0.39 is 0 Å². The lowest BCUT2D eigenvalue weighted by atomic mass is 10.2. The average Bonchev–Trinajstić information content (AvgIpc) is 2.91. The molecule has 5 nitrogen and oxygen atoms in total. The normalized spacial score (nSPS) is 10.6. The lowest BCUT2D eigenvalue weighted by Crippen LogP contribution is -2.13. The van der Waals surface area contributed by atoms with E-state index in [4.69, 9.17) is 27.9 Å². The van der Waals surface area contributed by atoms with E-state index in [-0.39, 0.29) is 5.91 Å². The minimum atomic E-state index is -0.317. The first-order chi connectivity index (χ1) is 11.0. The molecule has 1 N–H and O–H groups in total. The number of aromatic nitrogens is 2. The summed E-state index contributed by atoms with van der Waals surface area (Å²) in [5.74, 6) is 0.0190. The Morgan fingerprint density at radius 2 is 2.09 bits per heavy atom.